The first-order chi connectivity index (χ1) is 17.5. The monoisotopic (exact) mass is 484 g/mol. The van der Waals surface area contributed by atoms with Gasteiger partial charge in [0.25, 0.3) is 0 Å². The summed E-state index contributed by atoms with van der Waals surface area (Å²) in [5.41, 5.74) is 5.21. The lowest BCUT2D eigenvalue weighted by Crippen LogP contribution is -2.48. The number of urea groups is 1. The molecule has 1 saturated heterocycles. The molecule has 2 amide bonds. The molecule has 2 heterocycles. The fraction of sp³-hybridized carbons (Fsp3) is 0.250. The van der Waals surface area contributed by atoms with Crippen LogP contribution < -0.4 is 4.90 Å². The SMILES string of the molecule is Cn1ncc2cc(-c3cccc(N(Cc4ccc(C(=O)CO)cc4)C(=O)N4CCOCC4)c3)ccc21. The zero-order valence-corrected chi connectivity index (χ0v) is 20.1. The lowest BCUT2D eigenvalue weighted by molar-refractivity contribution is 0.0548. The molecule has 0 atom stereocenters. The summed E-state index contributed by atoms with van der Waals surface area (Å²) in [4.78, 5) is 29.0. The third-order valence-electron chi connectivity index (χ3n) is 6.51. The first-order valence-electron chi connectivity index (χ1n) is 11.9. The van der Waals surface area contributed by atoms with Gasteiger partial charge in [-0.2, -0.15) is 5.10 Å². The zero-order valence-electron chi connectivity index (χ0n) is 20.1. The van der Waals surface area contributed by atoms with Crippen molar-refractivity contribution in [3.8, 4) is 11.1 Å². The lowest BCUT2D eigenvalue weighted by Gasteiger charge is -2.33. The minimum atomic E-state index is -0.529. The third-order valence-corrected chi connectivity index (χ3v) is 6.51. The molecule has 0 bridgehead atoms. The highest BCUT2D eigenvalue weighted by Gasteiger charge is 2.25. The summed E-state index contributed by atoms with van der Waals surface area (Å²) in [7, 11) is 1.92. The summed E-state index contributed by atoms with van der Waals surface area (Å²) in [6.07, 6.45) is 1.85. The van der Waals surface area contributed by atoms with E-state index in [1.807, 2.05) is 59.2 Å². The Kier molecular flexibility index (Phi) is 6.79. The van der Waals surface area contributed by atoms with E-state index in [2.05, 4.69) is 23.3 Å². The second-order valence-corrected chi connectivity index (χ2v) is 8.84. The predicted molar refractivity (Wildman–Crippen MR) is 138 cm³/mol. The maximum absolute atomic E-state index is 13.6. The average molecular weight is 485 g/mol. The zero-order chi connectivity index (χ0) is 25.1. The largest absolute Gasteiger partial charge is 0.388 e. The molecule has 1 aliphatic rings. The number of Topliss-reactive ketones (excluding diaryl/α,β-unsaturated/α-hetero) is 1. The Morgan fingerprint density at radius 1 is 1.00 bits per heavy atom. The van der Waals surface area contributed by atoms with Gasteiger partial charge in [-0.3, -0.25) is 14.4 Å². The number of nitrogens with zero attached hydrogens (tertiary/aromatic N) is 4. The van der Waals surface area contributed by atoms with Crippen LogP contribution in [0, 0.1) is 0 Å². The Morgan fingerprint density at radius 2 is 1.75 bits per heavy atom. The van der Waals surface area contributed by atoms with Crippen LogP contribution in [0.15, 0.2) is 72.9 Å². The predicted octanol–water partition coefficient (Wildman–Crippen LogP) is 3.87. The highest BCUT2D eigenvalue weighted by molar-refractivity contribution is 5.97. The third kappa shape index (κ3) is 4.86. The number of ether oxygens (including phenoxy) is 1. The van der Waals surface area contributed by atoms with Crippen LogP contribution in [-0.2, 0) is 18.3 Å². The maximum Gasteiger partial charge on any atom is 0.324 e. The summed E-state index contributed by atoms with van der Waals surface area (Å²) in [5.74, 6) is -0.332. The molecule has 184 valence electrons. The Morgan fingerprint density at radius 3 is 2.50 bits per heavy atom. The lowest BCUT2D eigenvalue weighted by atomic mass is 10.0. The van der Waals surface area contributed by atoms with E-state index in [0.717, 1.165) is 33.3 Å². The van der Waals surface area contributed by atoms with Crippen molar-refractivity contribution in [1.29, 1.82) is 0 Å². The van der Waals surface area contributed by atoms with Crippen LogP contribution in [-0.4, -0.2) is 64.5 Å². The summed E-state index contributed by atoms with van der Waals surface area (Å²) >= 11 is 0. The number of fused-ring (bicyclic) bond motifs is 1. The van der Waals surface area contributed by atoms with Gasteiger partial charge in [0.1, 0.15) is 6.61 Å². The van der Waals surface area contributed by atoms with E-state index in [9.17, 15) is 9.59 Å². The van der Waals surface area contributed by atoms with Crippen LogP contribution in [0.5, 0.6) is 0 Å². The standard InChI is InChI=1S/C28H28N4O4/c1-30-26-10-9-23(15-24(26)17-29-30)22-3-2-4-25(16-22)32(28(35)31-11-13-36-14-12-31)18-20-5-7-21(8-6-20)27(34)19-33/h2-10,15-17,33H,11-14,18-19H2,1H3. The van der Waals surface area contributed by atoms with Crippen LogP contribution in [0.4, 0.5) is 10.5 Å². The first kappa shape index (κ1) is 23.7. The fourth-order valence-corrected chi connectivity index (χ4v) is 4.46. The van der Waals surface area contributed by atoms with Gasteiger partial charge in [-0.1, -0.05) is 42.5 Å². The van der Waals surface area contributed by atoms with Crippen LogP contribution >= 0.6 is 0 Å². The van der Waals surface area contributed by atoms with Crippen molar-refractivity contribution in [3.63, 3.8) is 0 Å². The maximum atomic E-state index is 13.6. The van der Waals surface area contributed by atoms with Gasteiger partial charge in [0, 0.05) is 36.8 Å². The summed E-state index contributed by atoms with van der Waals surface area (Å²) < 4.78 is 7.29. The molecular formula is C28H28N4O4. The molecule has 0 aliphatic carbocycles. The number of aromatic nitrogens is 2. The minimum Gasteiger partial charge on any atom is -0.388 e. The summed E-state index contributed by atoms with van der Waals surface area (Å²) in [6.45, 7) is 1.92. The van der Waals surface area contributed by atoms with Gasteiger partial charge in [-0.25, -0.2) is 4.79 Å². The Hall–Kier alpha value is -4.01. The van der Waals surface area contributed by atoms with E-state index in [4.69, 9.17) is 9.84 Å². The first-order valence-corrected chi connectivity index (χ1v) is 11.9. The highest BCUT2D eigenvalue weighted by Crippen LogP contribution is 2.29. The Bertz CT molecular complexity index is 1390. The molecule has 5 rings (SSSR count). The second kappa shape index (κ2) is 10.3. The van der Waals surface area contributed by atoms with Gasteiger partial charge in [0.05, 0.1) is 31.5 Å². The molecule has 0 radical (unpaired) electrons. The number of amides is 2. The van der Waals surface area contributed by atoms with E-state index in [1.54, 1.807) is 17.0 Å². The Balaban J connectivity index is 1.48. The normalized spacial score (nSPS) is 13.7. The van der Waals surface area contributed by atoms with E-state index in [1.165, 1.54) is 0 Å². The molecule has 0 saturated carbocycles. The van der Waals surface area contributed by atoms with Gasteiger partial charge in [0.2, 0.25) is 0 Å². The fourth-order valence-electron chi connectivity index (χ4n) is 4.46. The van der Waals surface area contributed by atoms with Crippen molar-refractivity contribution < 1.29 is 19.4 Å². The van der Waals surface area contributed by atoms with Crippen molar-refractivity contribution in [3.05, 3.63) is 84.1 Å². The van der Waals surface area contributed by atoms with E-state index in [0.29, 0.717) is 38.4 Å². The average Bonchev–Trinajstić information content (AvgIpc) is 3.31. The summed E-state index contributed by atoms with van der Waals surface area (Å²) in [5, 5.41) is 14.5. The highest BCUT2D eigenvalue weighted by atomic mass is 16.5. The van der Waals surface area contributed by atoms with E-state index in [-0.39, 0.29) is 11.8 Å². The van der Waals surface area contributed by atoms with Gasteiger partial charge in [0.15, 0.2) is 5.78 Å². The molecule has 8 nitrogen and oxygen atoms in total. The van der Waals surface area contributed by atoms with Crippen molar-refractivity contribution >= 4 is 28.4 Å². The van der Waals surface area contributed by atoms with E-state index >= 15 is 0 Å². The van der Waals surface area contributed by atoms with Gasteiger partial charge >= 0.3 is 6.03 Å². The number of ketones is 1. The van der Waals surface area contributed by atoms with Crippen molar-refractivity contribution in [2.75, 3.05) is 37.8 Å². The van der Waals surface area contributed by atoms with Gasteiger partial charge in [-0.15, -0.1) is 0 Å². The molecule has 4 aromatic rings. The molecule has 8 heteroatoms. The number of rotatable bonds is 6. The number of morpholine rings is 1. The van der Waals surface area contributed by atoms with E-state index < -0.39 is 6.61 Å². The van der Waals surface area contributed by atoms with Crippen molar-refractivity contribution in [2.45, 2.75) is 6.54 Å². The molecule has 3 aromatic carbocycles. The molecule has 1 N–H and O–H groups in total. The topological polar surface area (TPSA) is 87.9 Å². The molecule has 1 aliphatic heterocycles. The van der Waals surface area contributed by atoms with Crippen molar-refractivity contribution in [1.82, 2.24) is 14.7 Å². The number of anilines is 1. The number of aliphatic hydroxyl groups is 1. The molecule has 0 spiro atoms. The van der Waals surface area contributed by atoms with Crippen LogP contribution in [0.25, 0.3) is 22.0 Å². The molecule has 1 fully saturated rings. The number of benzene rings is 3. The van der Waals surface area contributed by atoms with Crippen LogP contribution in [0.2, 0.25) is 0 Å². The smallest absolute Gasteiger partial charge is 0.324 e. The molecular weight excluding hydrogens is 456 g/mol. The number of aliphatic hydroxyl groups excluding tert-OH is 1. The second-order valence-electron chi connectivity index (χ2n) is 8.84. The van der Waals surface area contributed by atoms with Crippen molar-refractivity contribution in [2.24, 2.45) is 7.05 Å². The number of carbonyl (C=O) groups is 2. The number of hydrogen-bond acceptors (Lipinski definition) is 5. The Labute approximate surface area is 209 Å². The molecule has 0 unspecified atom stereocenters. The number of carbonyl (C=O) groups excluding carboxylic acids is 2. The van der Waals surface area contributed by atoms with Gasteiger partial charge in [-0.05, 0) is 41.0 Å². The molecule has 1 aromatic heterocycles. The summed E-state index contributed by atoms with van der Waals surface area (Å²) in [6, 6.07) is 21.1. The quantitative estimate of drug-likeness (QED) is 0.420. The van der Waals surface area contributed by atoms with Crippen LogP contribution in [0.3, 0.4) is 0 Å². The van der Waals surface area contributed by atoms with Crippen LogP contribution in [0.1, 0.15) is 15.9 Å². The molecule has 36 heavy (non-hydrogen) atoms. The number of aryl methyl sites for hydroxylation is 1. The van der Waals surface area contributed by atoms with Gasteiger partial charge < -0.3 is 14.7 Å². The number of hydrogen-bond donors (Lipinski definition) is 1. The minimum absolute atomic E-state index is 0.0892.